The van der Waals surface area contributed by atoms with Gasteiger partial charge in [-0.3, -0.25) is 4.90 Å². The van der Waals surface area contributed by atoms with E-state index in [1.54, 1.807) is 13.2 Å². The SMILES string of the molecule is COc1ccc(CN2CCC(c3cc(O)nc(N4CCOCC4)n3)CC2)cc1. The number of aromatic hydroxyl groups is 1. The Hall–Kier alpha value is -2.38. The van der Waals surface area contributed by atoms with E-state index in [1.807, 2.05) is 12.1 Å². The molecule has 1 aromatic carbocycles. The van der Waals surface area contributed by atoms with Gasteiger partial charge in [0.1, 0.15) is 5.75 Å². The van der Waals surface area contributed by atoms with Crippen molar-refractivity contribution in [3.63, 3.8) is 0 Å². The molecule has 2 aliphatic rings. The second-order valence-electron chi connectivity index (χ2n) is 7.45. The summed E-state index contributed by atoms with van der Waals surface area (Å²) in [7, 11) is 1.69. The molecule has 1 aromatic heterocycles. The molecule has 0 atom stereocenters. The lowest BCUT2D eigenvalue weighted by atomic mass is 9.93. The molecule has 3 heterocycles. The molecule has 2 aliphatic heterocycles. The number of benzene rings is 1. The van der Waals surface area contributed by atoms with Crippen molar-refractivity contribution in [1.82, 2.24) is 14.9 Å². The first kappa shape index (κ1) is 19.0. The van der Waals surface area contributed by atoms with E-state index >= 15 is 0 Å². The van der Waals surface area contributed by atoms with E-state index in [0.29, 0.717) is 25.1 Å². The Balaban J connectivity index is 1.37. The number of rotatable bonds is 5. The zero-order valence-corrected chi connectivity index (χ0v) is 16.4. The Labute approximate surface area is 165 Å². The Morgan fingerprint density at radius 2 is 1.79 bits per heavy atom. The van der Waals surface area contributed by atoms with Crippen molar-refractivity contribution in [2.45, 2.75) is 25.3 Å². The minimum atomic E-state index is 0.0622. The number of hydrogen-bond acceptors (Lipinski definition) is 7. The zero-order chi connectivity index (χ0) is 19.3. The highest BCUT2D eigenvalue weighted by Gasteiger charge is 2.24. The van der Waals surface area contributed by atoms with Crippen LogP contribution >= 0.6 is 0 Å². The molecule has 2 saturated heterocycles. The van der Waals surface area contributed by atoms with Crippen LogP contribution in [0.25, 0.3) is 0 Å². The van der Waals surface area contributed by atoms with Crippen LogP contribution in [0.5, 0.6) is 11.6 Å². The third-order valence-electron chi connectivity index (χ3n) is 5.59. The Morgan fingerprint density at radius 1 is 1.07 bits per heavy atom. The van der Waals surface area contributed by atoms with Crippen LogP contribution in [0.2, 0.25) is 0 Å². The van der Waals surface area contributed by atoms with Crippen molar-refractivity contribution in [2.24, 2.45) is 0 Å². The highest BCUT2D eigenvalue weighted by molar-refractivity contribution is 5.35. The van der Waals surface area contributed by atoms with Gasteiger partial charge in [-0.15, -0.1) is 0 Å². The van der Waals surface area contributed by atoms with Crippen LogP contribution in [-0.2, 0) is 11.3 Å². The molecule has 1 N–H and O–H groups in total. The molecule has 0 radical (unpaired) electrons. The van der Waals surface area contributed by atoms with Gasteiger partial charge in [0.25, 0.3) is 0 Å². The molecule has 0 unspecified atom stereocenters. The van der Waals surface area contributed by atoms with Crippen LogP contribution in [0.1, 0.15) is 30.0 Å². The van der Waals surface area contributed by atoms with E-state index < -0.39 is 0 Å². The predicted octanol–water partition coefficient (Wildman–Crippen LogP) is 2.41. The molecule has 2 fully saturated rings. The standard InChI is InChI=1S/C21H28N4O3/c1-27-18-4-2-16(3-5-18)15-24-8-6-17(7-9-24)19-14-20(26)23-21(22-19)25-10-12-28-13-11-25/h2-5,14,17H,6-13,15H2,1H3,(H,22,23,26). The molecule has 4 rings (SSSR count). The Morgan fingerprint density at radius 3 is 2.46 bits per heavy atom. The maximum Gasteiger partial charge on any atom is 0.229 e. The number of anilines is 1. The monoisotopic (exact) mass is 384 g/mol. The maximum absolute atomic E-state index is 10.1. The summed E-state index contributed by atoms with van der Waals surface area (Å²) in [6.07, 6.45) is 2.07. The summed E-state index contributed by atoms with van der Waals surface area (Å²) in [4.78, 5) is 13.6. The fourth-order valence-electron chi connectivity index (χ4n) is 3.93. The molecule has 2 aromatic rings. The van der Waals surface area contributed by atoms with E-state index in [-0.39, 0.29) is 5.88 Å². The summed E-state index contributed by atoms with van der Waals surface area (Å²) in [6, 6.07) is 10.0. The van der Waals surface area contributed by atoms with Gasteiger partial charge in [0.05, 0.1) is 26.0 Å². The second-order valence-corrected chi connectivity index (χ2v) is 7.45. The highest BCUT2D eigenvalue weighted by atomic mass is 16.5. The van der Waals surface area contributed by atoms with Crippen LogP contribution in [-0.4, -0.2) is 66.5 Å². The van der Waals surface area contributed by atoms with E-state index in [4.69, 9.17) is 14.5 Å². The zero-order valence-electron chi connectivity index (χ0n) is 16.4. The molecule has 0 bridgehead atoms. The number of hydrogen-bond donors (Lipinski definition) is 1. The molecular formula is C21H28N4O3. The third kappa shape index (κ3) is 4.54. The van der Waals surface area contributed by atoms with Crippen molar-refractivity contribution < 1.29 is 14.6 Å². The van der Waals surface area contributed by atoms with E-state index in [2.05, 4.69) is 26.9 Å². The Bertz CT molecular complexity index is 770. The van der Waals surface area contributed by atoms with Crippen LogP contribution in [0.4, 0.5) is 5.95 Å². The van der Waals surface area contributed by atoms with Crippen LogP contribution in [0.3, 0.4) is 0 Å². The minimum Gasteiger partial charge on any atom is -0.497 e. The quantitative estimate of drug-likeness (QED) is 0.849. The van der Waals surface area contributed by atoms with Gasteiger partial charge in [0.15, 0.2) is 0 Å². The van der Waals surface area contributed by atoms with Gasteiger partial charge in [0, 0.05) is 31.6 Å². The molecular weight excluding hydrogens is 356 g/mol. The lowest BCUT2D eigenvalue weighted by Crippen LogP contribution is -2.37. The fourth-order valence-corrected chi connectivity index (χ4v) is 3.93. The molecule has 28 heavy (non-hydrogen) atoms. The largest absolute Gasteiger partial charge is 0.497 e. The number of morpholine rings is 1. The van der Waals surface area contributed by atoms with Gasteiger partial charge < -0.3 is 19.5 Å². The van der Waals surface area contributed by atoms with E-state index in [9.17, 15) is 5.11 Å². The van der Waals surface area contributed by atoms with Gasteiger partial charge in [-0.1, -0.05) is 12.1 Å². The topological polar surface area (TPSA) is 71.0 Å². The van der Waals surface area contributed by atoms with E-state index in [1.165, 1.54) is 5.56 Å². The summed E-state index contributed by atoms with van der Waals surface area (Å²) in [5.41, 5.74) is 2.26. The smallest absolute Gasteiger partial charge is 0.229 e. The molecule has 0 spiro atoms. The number of ether oxygens (including phenoxy) is 2. The highest BCUT2D eigenvalue weighted by Crippen LogP contribution is 2.30. The normalized spacial score (nSPS) is 19.0. The number of piperidine rings is 1. The summed E-state index contributed by atoms with van der Waals surface area (Å²) in [6.45, 7) is 5.88. The molecule has 150 valence electrons. The first-order valence-electron chi connectivity index (χ1n) is 9.97. The summed E-state index contributed by atoms with van der Waals surface area (Å²) in [5.74, 6) is 1.94. The average Bonchev–Trinajstić information content (AvgIpc) is 2.75. The van der Waals surface area contributed by atoms with Crippen LogP contribution < -0.4 is 9.64 Å². The third-order valence-corrected chi connectivity index (χ3v) is 5.59. The number of nitrogens with zero attached hydrogens (tertiary/aromatic N) is 4. The van der Waals surface area contributed by atoms with Gasteiger partial charge in [-0.2, -0.15) is 4.98 Å². The van der Waals surface area contributed by atoms with Crippen LogP contribution in [0, 0.1) is 0 Å². The fraction of sp³-hybridized carbons (Fsp3) is 0.524. The molecule has 0 amide bonds. The number of methoxy groups -OCH3 is 1. The predicted molar refractivity (Wildman–Crippen MR) is 107 cm³/mol. The van der Waals surface area contributed by atoms with Gasteiger partial charge in [-0.25, -0.2) is 4.98 Å². The van der Waals surface area contributed by atoms with Crippen LogP contribution in [0.15, 0.2) is 30.3 Å². The van der Waals surface area contributed by atoms with Crippen molar-refractivity contribution in [3.8, 4) is 11.6 Å². The van der Waals surface area contributed by atoms with Gasteiger partial charge in [0.2, 0.25) is 11.8 Å². The van der Waals surface area contributed by atoms with E-state index in [0.717, 1.165) is 57.0 Å². The van der Waals surface area contributed by atoms with Crippen molar-refractivity contribution >= 4 is 5.95 Å². The lowest BCUT2D eigenvalue weighted by Gasteiger charge is -2.32. The molecule has 7 nitrogen and oxygen atoms in total. The summed E-state index contributed by atoms with van der Waals surface area (Å²) in [5, 5.41) is 10.1. The maximum atomic E-state index is 10.1. The summed E-state index contributed by atoms with van der Waals surface area (Å²) < 4.78 is 10.6. The summed E-state index contributed by atoms with van der Waals surface area (Å²) >= 11 is 0. The average molecular weight is 384 g/mol. The van der Waals surface area contributed by atoms with Gasteiger partial charge in [-0.05, 0) is 43.6 Å². The molecule has 0 saturated carbocycles. The first-order chi connectivity index (χ1) is 13.7. The molecule has 7 heteroatoms. The molecule has 0 aliphatic carbocycles. The number of aromatic nitrogens is 2. The Kier molecular flexibility index (Phi) is 5.92. The number of likely N-dealkylation sites (tertiary alicyclic amines) is 1. The van der Waals surface area contributed by atoms with Crippen molar-refractivity contribution in [3.05, 3.63) is 41.6 Å². The first-order valence-corrected chi connectivity index (χ1v) is 9.97. The van der Waals surface area contributed by atoms with Crippen molar-refractivity contribution in [1.29, 1.82) is 0 Å². The van der Waals surface area contributed by atoms with Gasteiger partial charge >= 0.3 is 0 Å². The minimum absolute atomic E-state index is 0.0622. The lowest BCUT2D eigenvalue weighted by molar-refractivity contribution is 0.122. The second kappa shape index (κ2) is 8.75. The van der Waals surface area contributed by atoms with Crippen molar-refractivity contribution in [2.75, 3.05) is 51.4 Å².